The van der Waals surface area contributed by atoms with Gasteiger partial charge in [0.25, 0.3) is 0 Å². The quantitative estimate of drug-likeness (QED) is 0.123. The van der Waals surface area contributed by atoms with Crippen LogP contribution in [0.15, 0.2) is 64.9 Å². The highest BCUT2D eigenvalue weighted by Crippen LogP contribution is 2.82. The maximum atomic E-state index is 13.4. The number of carbonyl (C=O) groups is 1. The molecule has 9 heteroatoms. The summed E-state index contributed by atoms with van der Waals surface area (Å²) in [7, 11) is 1.69. The molecule has 1 aliphatic heterocycles. The van der Waals surface area contributed by atoms with Crippen LogP contribution in [0.4, 0.5) is 0 Å². The molecule has 7 aliphatic rings. The number of aliphatic imine (C=N–C) groups is 1. The molecule has 238 valence electrons. The Balaban J connectivity index is 1.37. The molecule has 0 saturated heterocycles. The lowest BCUT2D eigenvalue weighted by Crippen LogP contribution is -2.70. The molecule has 3 fully saturated rings. The van der Waals surface area contributed by atoms with Gasteiger partial charge in [-0.2, -0.15) is 0 Å². The lowest BCUT2D eigenvalue weighted by Gasteiger charge is -2.68. The zero-order chi connectivity index (χ0) is 30.9. The van der Waals surface area contributed by atoms with E-state index in [9.17, 15) is 20.1 Å². The molecule has 10 unspecified atom stereocenters. The van der Waals surface area contributed by atoms with Crippen LogP contribution in [0.3, 0.4) is 0 Å². The Kier molecular flexibility index (Phi) is 7.27. The van der Waals surface area contributed by atoms with Gasteiger partial charge in [0, 0.05) is 61.0 Å². The first kappa shape index (κ1) is 30.0. The van der Waals surface area contributed by atoms with Gasteiger partial charge >= 0.3 is 5.97 Å². The van der Waals surface area contributed by atoms with Gasteiger partial charge in [-0.25, -0.2) is 4.79 Å². The zero-order valence-corrected chi connectivity index (χ0v) is 26.0. The largest absolute Gasteiger partial charge is 0.478 e. The van der Waals surface area contributed by atoms with E-state index in [1.165, 1.54) is 0 Å². The van der Waals surface area contributed by atoms with Crippen molar-refractivity contribution in [3.05, 3.63) is 59.9 Å². The fraction of sp³-hybridized carbons (Fsp3) is 0.657. The molecule has 3 saturated carbocycles. The molecule has 0 aromatic rings. The number of hydrogen-bond acceptors (Lipinski definition) is 6. The lowest BCUT2D eigenvalue weighted by molar-refractivity contribution is -0.180. The maximum Gasteiger partial charge on any atom is 0.334 e. The number of allylic oxidation sites excluding steroid dienone is 4. The number of aliphatic hydroxyl groups excluding tert-OH is 1. The Morgan fingerprint density at radius 3 is 2.77 bits per heavy atom. The second kappa shape index (κ2) is 10.7. The van der Waals surface area contributed by atoms with E-state index in [-0.39, 0.29) is 42.6 Å². The molecule has 0 amide bonds. The van der Waals surface area contributed by atoms with Crippen molar-refractivity contribution >= 4 is 11.9 Å². The van der Waals surface area contributed by atoms with E-state index in [4.69, 9.17) is 10.5 Å². The fourth-order valence-corrected chi connectivity index (χ4v) is 11.4. The first-order chi connectivity index (χ1) is 21.2. The minimum atomic E-state index is -1.66. The second-order valence-electron chi connectivity index (χ2n) is 14.4. The van der Waals surface area contributed by atoms with Gasteiger partial charge in [0.1, 0.15) is 5.60 Å². The molecule has 7 rings (SSSR count). The SMILES string of the molecule is CN=C(N)N1C=CC2(CNCCO)C=CC3C(O)(COC4CCCC5C=CC=CC54)C(C(=O)O)=C4CC5CCC(C)C43C52C1. The van der Waals surface area contributed by atoms with E-state index in [1.807, 2.05) is 11.1 Å². The second-order valence-corrected chi connectivity index (χ2v) is 14.4. The number of nitrogens with two attached hydrogens (primary N) is 1. The van der Waals surface area contributed by atoms with Gasteiger partial charge in [0.15, 0.2) is 5.96 Å². The van der Waals surface area contributed by atoms with E-state index >= 15 is 0 Å². The van der Waals surface area contributed by atoms with E-state index in [0.29, 0.717) is 37.9 Å². The Morgan fingerprint density at radius 1 is 1.18 bits per heavy atom. The van der Waals surface area contributed by atoms with Gasteiger partial charge in [-0.1, -0.05) is 55.9 Å². The molecule has 9 nitrogen and oxygen atoms in total. The molecular weight excluding hydrogens is 556 g/mol. The third kappa shape index (κ3) is 3.73. The molecule has 6 N–H and O–H groups in total. The average molecular weight is 605 g/mol. The minimum Gasteiger partial charge on any atom is -0.478 e. The number of hydrogen-bond donors (Lipinski definition) is 5. The smallest absolute Gasteiger partial charge is 0.334 e. The highest BCUT2D eigenvalue weighted by atomic mass is 16.5. The van der Waals surface area contributed by atoms with Gasteiger partial charge in [-0.05, 0) is 55.4 Å². The fourth-order valence-electron chi connectivity index (χ4n) is 11.4. The predicted octanol–water partition coefficient (Wildman–Crippen LogP) is 2.99. The number of aliphatic hydroxyl groups is 2. The van der Waals surface area contributed by atoms with E-state index in [2.05, 4.69) is 59.8 Å². The summed E-state index contributed by atoms with van der Waals surface area (Å²) in [6, 6.07) is 0. The summed E-state index contributed by atoms with van der Waals surface area (Å²) in [5, 5.41) is 37.0. The van der Waals surface area contributed by atoms with Crippen LogP contribution < -0.4 is 11.1 Å². The van der Waals surface area contributed by atoms with Crippen LogP contribution in [0.25, 0.3) is 0 Å². The number of carboxylic acids is 1. The van der Waals surface area contributed by atoms with Gasteiger partial charge in [0.2, 0.25) is 0 Å². The number of aliphatic carboxylic acids is 1. The van der Waals surface area contributed by atoms with Gasteiger partial charge in [0.05, 0.1) is 24.9 Å². The summed E-state index contributed by atoms with van der Waals surface area (Å²) in [5.41, 5.74) is 4.36. The highest BCUT2D eigenvalue weighted by molar-refractivity contribution is 5.92. The summed E-state index contributed by atoms with van der Waals surface area (Å²) in [5.74, 6) is -0.0739. The van der Waals surface area contributed by atoms with Gasteiger partial charge in [-0.3, -0.25) is 4.99 Å². The molecule has 0 radical (unpaired) electrons. The standard InChI is InChI=1S/C35H48N4O5/c1-22-10-11-24-18-26-29(30(41)42)33(43,21-44-27-9-5-7-23-6-3-4-8-25(23)27)28-12-13-32(19-38-15-17-40)14-16-39(31(36)37-2)20-34(24,32)35(22,26)28/h3-4,6,8,12-14,16,22-25,27-28,38,40,43H,5,7,9-11,15,17-21H2,1-2H3,(H2,36,37)(H,41,42). The third-order valence-corrected chi connectivity index (χ3v) is 13.0. The van der Waals surface area contributed by atoms with E-state index in [1.54, 1.807) is 7.05 Å². The number of carboxylic acid groups (broad SMARTS) is 1. The number of nitrogens with zero attached hydrogens (tertiary/aromatic N) is 2. The van der Waals surface area contributed by atoms with Crippen molar-refractivity contribution < 1.29 is 24.9 Å². The zero-order valence-electron chi connectivity index (χ0n) is 26.0. The average Bonchev–Trinajstić information content (AvgIpc) is 3.37. The van der Waals surface area contributed by atoms with Crippen LogP contribution in [0.5, 0.6) is 0 Å². The lowest BCUT2D eigenvalue weighted by atomic mass is 9.37. The summed E-state index contributed by atoms with van der Waals surface area (Å²) in [6.45, 7) is 3.91. The highest BCUT2D eigenvalue weighted by Gasteiger charge is 2.82. The Bertz CT molecular complexity index is 1380. The van der Waals surface area contributed by atoms with E-state index < -0.39 is 33.7 Å². The molecule has 2 bridgehead atoms. The molecular formula is C35H48N4O5. The van der Waals surface area contributed by atoms with Crippen LogP contribution in [0.2, 0.25) is 0 Å². The number of ether oxygens (including phenoxy) is 1. The Hall–Kier alpha value is -2.72. The molecule has 10 atom stereocenters. The molecule has 6 aliphatic carbocycles. The summed E-state index contributed by atoms with van der Waals surface area (Å²) < 4.78 is 6.69. The minimum absolute atomic E-state index is 0.0328. The van der Waals surface area contributed by atoms with Crippen LogP contribution in [-0.4, -0.2) is 83.7 Å². The Labute approximate surface area is 260 Å². The topological polar surface area (TPSA) is 141 Å². The van der Waals surface area contributed by atoms with Crippen molar-refractivity contribution in [2.24, 2.45) is 56.6 Å². The summed E-state index contributed by atoms with van der Waals surface area (Å²) in [4.78, 5) is 19.7. The predicted molar refractivity (Wildman–Crippen MR) is 168 cm³/mol. The van der Waals surface area contributed by atoms with Crippen molar-refractivity contribution in [3.63, 3.8) is 0 Å². The first-order valence-corrected chi connectivity index (χ1v) is 16.6. The molecule has 2 spiro atoms. The van der Waals surface area contributed by atoms with Crippen molar-refractivity contribution in [2.75, 3.05) is 39.9 Å². The third-order valence-electron chi connectivity index (χ3n) is 13.0. The molecule has 44 heavy (non-hydrogen) atoms. The number of nitrogens with one attached hydrogen (secondary N) is 1. The molecule has 1 heterocycles. The van der Waals surface area contributed by atoms with Gasteiger partial charge < -0.3 is 36.0 Å². The van der Waals surface area contributed by atoms with Gasteiger partial charge in [-0.15, -0.1) is 0 Å². The summed E-state index contributed by atoms with van der Waals surface area (Å²) >= 11 is 0. The van der Waals surface area contributed by atoms with Crippen molar-refractivity contribution in [2.45, 2.75) is 57.2 Å². The molecule has 0 aromatic carbocycles. The van der Waals surface area contributed by atoms with E-state index in [0.717, 1.165) is 37.7 Å². The van der Waals surface area contributed by atoms with Crippen LogP contribution in [0.1, 0.15) is 45.4 Å². The number of guanidine groups is 1. The first-order valence-electron chi connectivity index (χ1n) is 16.6. The van der Waals surface area contributed by atoms with Crippen molar-refractivity contribution in [1.29, 1.82) is 0 Å². The van der Waals surface area contributed by atoms with Crippen LogP contribution in [0, 0.1) is 45.8 Å². The molecule has 0 aromatic heterocycles. The number of fused-ring (bicyclic) bond motifs is 1. The number of rotatable bonds is 8. The van der Waals surface area contributed by atoms with Crippen molar-refractivity contribution in [1.82, 2.24) is 10.2 Å². The normalized spacial score (nSPS) is 45.0. The van der Waals surface area contributed by atoms with Crippen molar-refractivity contribution in [3.8, 4) is 0 Å². The monoisotopic (exact) mass is 604 g/mol. The maximum absolute atomic E-state index is 13.4. The summed E-state index contributed by atoms with van der Waals surface area (Å²) in [6.07, 6.45) is 22.9. The Morgan fingerprint density at radius 2 is 2.00 bits per heavy atom. The van der Waals surface area contributed by atoms with Crippen LogP contribution in [-0.2, 0) is 9.53 Å². The van der Waals surface area contributed by atoms with Crippen LogP contribution >= 0.6 is 0 Å².